The number of aryl methyl sites for hydroxylation is 1. The average Bonchev–Trinajstić information content (AvgIpc) is 3.46. The Bertz CT molecular complexity index is 1010. The van der Waals surface area contributed by atoms with Crippen LogP contribution in [-0.2, 0) is 11.3 Å². The minimum atomic E-state index is -0.828. The van der Waals surface area contributed by atoms with Gasteiger partial charge in [-0.3, -0.25) is 5.32 Å². The molecule has 12 heteroatoms. The Labute approximate surface area is 206 Å². The second-order valence-corrected chi connectivity index (χ2v) is 9.11. The first kappa shape index (κ1) is 26.8. The van der Waals surface area contributed by atoms with Gasteiger partial charge in [0, 0.05) is 13.1 Å². The molecule has 2 amide bonds. The lowest BCUT2D eigenvalue weighted by molar-refractivity contribution is 0.0596. The zero-order chi connectivity index (χ0) is 25.4. The standard InChI is InChI=1S/C23H30F2N4O5S/c1-14-11-17(24)16(18(25)12-14)13-34-20-19(22(31)33-2)21(35-28-20)27-23(32)26-7-5-15(30)6-10-29-8-3-4-9-29/h11-12,15,30H,3-10,13H2,1-2H3,(H2,26,27,32). The van der Waals surface area contributed by atoms with Crippen LogP contribution in [0.15, 0.2) is 12.1 Å². The topological polar surface area (TPSA) is 113 Å². The molecule has 2 aromatic rings. The van der Waals surface area contributed by atoms with Crippen molar-refractivity contribution in [2.45, 2.75) is 45.3 Å². The summed E-state index contributed by atoms with van der Waals surface area (Å²) in [5.41, 5.74) is -0.0505. The van der Waals surface area contributed by atoms with Crippen LogP contribution in [0.3, 0.4) is 0 Å². The van der Waals surface area contributed by atoms with E-state index in [0.717, 1.165) is 38.3 Å². The highest BCUT2D eigenvalue weighted by Gasteiger charge is 2.25. The van der Waals surface area contributed by atoms with E-state index in [2.05, 4.69) is 19.9 Å². The lowest BCUT2D eigenvalue weighted by Gasteiger charge is -2.17. The van der Waals surface area contributed by atoms with E-state index in [4.69, 9.17) is 9.47 Å². The van der Waals surface area contributed by atoms with Gasteiger partial charge in [-0.1, -0.05) is 0 Å². The van der Waals surface area contributed by atoms with Gasteiger partial charge in [0.1, 0.15) is 23.2 Å². The molecule has 0 bridgehead atoms. The molecule has 192 valence electrons. The number of aliphatic hydroxyl groups excluding tert-OH is 1. The molecule has 1 aliphatic rings. The fraction of sp³-hybridized carbons (Fsp3) is 0.522. The molecule has 35 heavy (non-hydrogen) atoms. The maximum absolute atomic E-state index is 14.1. The van der Waals surface area contributed by atoms with Crippen LogP contribution in [0, 0.1) is 18.6 Å². The van der Waals surface area contributed by atoms with E-state index >= 15 is 0 Å². The molecule has 1 aromatic heterocycles. The molecule has 2 heterocycles. The summed E-state index contributed by atoms with van der Waals surface area (Å²) >= 11 is 0.766. The molecular weight excluding hydrogens is 482 g/mol. The molecule has 1 unspecified atom stereocenters. The fourth-order valence-electron chi connectivity index (χ4n) is 3.73. The van der Waals surface area contributed by atoms with Gasteiger partial charge in [-0.05, 0) is 74.9 Å². The zero-order valence-corrected chi connectivity index (χ0v) is 20.6. The normalized spacial score (nSPS) is 14.5. The number of aliphatic hydroxyl groups is 1. The molecule has 9 nitrogen and oxygen atoms in total. The van der Waals surface area contributed by atoms with Crippen LogP contribution in [0.4, 0.5) is 18.6 Å². The van der Waals surface area contributed by atoms with Gasteiger partial charge in [0.2, 0.25) is 5.88 Å². The third kappa shape index (κ3) is 7.58. The first-order valence-corrected chi connectivity index (χ1v) is 12.2. The number of hydrogen-bond donors (Lipinski definition) is 3. The first-order valence-electron chi connectivity index (χ1n) is 11.4. The Morgan fingerprint density at radius 2 is 1.91 bits per heavy atom. The smallest absolute Gasteiger partial charge is 0.346 e. The predicted octanol–water partition coefficient (Wildman–Crippen LogP) is 3.45. The Kier molecular flexibility index (Phi) is 9.75. The molecule has 1 saturated heterocycles. The highest BCUT2D eigenvalue weighted by molar-refractivity contribution is 7.11. The van der Waals surface area contributed by atoms with Crippen molar-refractivity contribution in [2.75, 3.05) is 38.6 Å². The number of rotatable bonds is 11. The van der Waals surface area contributed by atoms with E-state index in [9.17, 15) is 23.5 Å². The summed E-state index contributed by atoms with van der Waals surface area (Å²) < 4.78 is 42.3. The summed E-state index contributed by atoms with van der Waals surface area (Å²) in [4.78, 5) is 26.9. The highest BCUT2D eigenvalue weighted by Crippen LogP contribution is 2.32. The minimum Gasteiger partial charge on any atom is -0.471 e. The molecule has 0 radical (unpaired) electrons. The van der Waals surface area contributed by atoms with E-state index in [-0.39, 0.29) is 28.6 Å². The number of urea groups is 1. The highest BCUT2D eigenvalue weighted by atomic mass is 32.1. The average molecular weight is 513 g/mol. The number of carbonyl (C=O) groups is 2. The Balaban J connectivity index is 1.54. The van der Waals surface area contributed by atoms with Crippen LogP contribution >= 0.6 is 11.5 Å². The van der Waals surface area contributed by atoms with Gasteiger partial charge in [0.15, 0.2) is 5.56 Å². The minimum absolute atomic E-state index is 0.0591. The molecule has 0 saturated carbocycles. The molecule has 0 aliphatic carbocycles. The van der Waals surface area contributed by atoms with E-state index in [0.29, 0.717) is 18.4 Å². The van der Waals surface area contributed by atoms with Crippen molar-refractivity contribution >= 4 is 28.5 Å². The number of amides is 2. The van der Waals surface area contributed by atoms with E-state index in [1.807, 2.05) is 0 Å². The zero-order valence-electron chi connectivity index (χ0n) is 19.7. The molecule has 1 aliphatic heterocycles. The summed E-state index contributed by atoms with van der Waals surface area (Å²) in [7, 11) is 1.15. The van der Waals surface area contributed by atoms with Crippen molar-refractivity contribution in [2.24, 2.45) is 0 Å². The number of likely N-dealkylation sites (tertiary alicyclic amines) is 1. The third-order valence-electron chi connectivity index (χ3n) is 5.66. The van der Waals surface area contributed by atoms with E-state index < -0.39 is 36.3 Å². The van der Waals surface area contributed by atoms with Crippen molar-refractivity contribution in [1.29, 1.82) is 0 Å². The van der Waals surface area contributed by atoms with Crippen LogP contribution < -0.4 is 15.4 Å². The number of halogens is 2. The number of methoxy groups -OCH3 is 1. The van der Waals surface area contributed by atoms with Crippen molar-refractivity contribution in [3.05, 3.63) is 40.5 Å². The number of ether oxygens (including phenoxy) is 2. The molecule has 1 fully saturated rings. The molecular formula is C23H30F2N4O5S. The number of anilines is 1. The Morgan fingerprint density at radius 3 is 2.57 bits per heavy atom. The second kappa shape index (κ2) is 12.8. The van der Waals surface area contributed by atoms with Crippen molar-refractivity contribution in [1.82, 2.24) is 14.6 Å². The van der Waals surface area contributed by atoms with Crippen molar-refractivity contribution in [3.63, 3.8) is 0 Å². The maximum Gasteiger partial charge on any atom is 0.346 e. The molecule has 1 aromatic carbocycles. The van der Waals surface area contributed by atoms with Crippen LogP contribution in [0.1, 0.15) is 47.2 Å². The fourth-order valence-corrected chi connectivity index (χ4v) is 4.45. The van der Waals surface area contributed by atoms with Gasteiger partial charge < -0.3 is 24.8 Å². The largest absolute Gasteiger partial charge is 0.471 e. The van der Waals surface area contributed by atoms with Crippen LogP contribution in [0.5, 0.6) is 5.88 Å². The molecule has 3 rings (SSSR count). The maximum atomic E-state index is 14.1. The number of nitrogens with zero attached hydrogens (tertiary/aromatic N) is 2. The number of hydrogen-bond acceptors (Lipinski definition) is 8. The summed E-state index contributed by atoms with van der Waals surface area (Å²) in [6.45, 7) is 4.23. The van der Waals surface area contributed by atoms with Crippen LogP contribution in [-0.4, -0.2) is 65.8 Å². The summed E-state index contributed by atoms with van der Waals surface area (Å²) in [5.74, 6) is -2.60. The van der Waals surface area contributed by atoms with Crippen molar-refractivity contribution in [3.8, 4) is 5.88 Å². The van der Waals surface area contributed by atoms with Gasteiger partial charge in [-0.2, -0.15) is 4.37 Å². The Hall–Kier alpha value is -2.83. The molecule has 0 spiro atoms. The third-order valence-corrected chi connectivity index (χ3v) is 6.40. The molecule has 1 atom stereocenters. The number of aromatic nitrogens is 1. The van der Waals surface area contributed by atoms with Crippen molar-refractivity contribution < 1.29 is 33.0 Å². The van der Waals surface area contributed by atoms with E-state index in [1.54, 1.807) is 6.92 Å². The van der Waals surface area contributed by atoms with Gasteiger partial charge in [0.25, 0.3) is 0 Å². The SMILES string of the molecule is COC(=O)c1c(OCc2c(F)cc(C)cc2F)nsc1NC(=O)NCCC(O)CCN1CCCC1. The number of nitrogens with one attached hydrogen (secondary N) is 2. The lowest BCUT2D eigenvalue weighted by Crippen LogP contribution is -2.32. The summed E-state index contributed by atoms with van der Waals surface area (Å²) in [6.07, 6.45) is 2.86. The number of carbonyl (C=O) groups excluding carboxylic acids is 2. The van der Waals surface area contributed by atoms with Gasteiger partial charge in [0.05, 0.1) is 18.8 Å². The van der Waals surface area contributed by atoms with Gasteiger partial charge in [-0.25, -0.2) is 18.4 Å². The van der Waals surface area contributed by atoms with Crippen LogP contribution in [0.25, 0.3) is 0 Å². The van der Waals surface area contributed by atoms with E-state index in [1.165, 1.54) is 25.0 Å². The summed E-state index contributed by atoms with van der Waals surface area (Å²) in [6, 6.07) is 1.74. The number of benzene rings is 1. The first-order chi connectivity index (χ1) is 16.8. The molecule has 3 N–H and O–H groups in total. The Morgan fingerprint density at radius 1 is 1.23 bits per heavy atom. The second-order valence-electron chi connectivity index (χ2n) is 8.34. The predicted molar refractivity (Wildman–Crippen MR) is 127 cm³/mol. The lowest BCUT2D eigenvalue weighted by atomic mass is 10.1. The quantitative estimate of drug-likeness (QED) is 0.395. The monoisotopic (exact) mass is 512 g/mol. The summed E-state index contributed by atoms with van der Waals surface area (Å²) in [5, 5.41) is 15.3. The van der Waals surface area contributed by atoms with Gasteiger partial charge >= 0.3 is 12.0 Å². The van der Waals surface area contributed by atoms with Crippen LogP contribution in [0.2, 0.25) is 0 Å². The van der Waals surface area contributed by atoms with Gasteiger partial charge in [-0.15, -0.1) is 0 Å². The number of esters is 1.